The molecule has 0 spiro atoms. The molecule has 0 aliphatic carbocycles. The molecule has 0 fully saturated rings. The first kappa shape index (κ1) is 12.6. The van der Waals surface area contributed by atoms with Gasteiger partial charge in [0.15, 0.2) is 0 Å². The van der Waals surface area contributed by atoms with Crippen LogP contribution in [0.5, 0.6) is 5.75 Å². The molecule has 1 heterocycles. The number of H-pyrrole nitrogens is 1. The van der Waals surface area contributed by atoms with Crippen molar-refractivity contribution in [1.29, 1.82) is 5.26 Å². The van der Waals surface area contributed by atoms with Gasteiger partial charge in [-0.15, -0.1) is 0 Å². The van der Waals surface area contributed by atoms with Crippen LogP contribution in [0.1, 0.15) is 5.56 Å². The van der Waals surface area contributed by atoms with Crippen molar-refractivity contribution in [3.8, 4) is 11.8 Å². The van der Waals surface area contributed by atoms with E-state index in [0.717, 1.165) is 0 Å². The number of aromatic amines is 1. The lowest BCUT2D eigenvalue weighted by Crippen LogP contribution is -2.30. The lowest BCUT2D eigenvalue weighted by atomic mass is 10.2. The van der Waals surface area contributed by atoms with E-state index in [1.807, 2.05) is 6.07 Å². The minimum atomic E-state index is -0.482. The van der Waals surface area contributed by atoms with Crippen molar-refractivity contribution < 1.29 is 4.74 Å². The van der Waals surface area contributed by atoms with Gasteiger partial charge in [-0.3, -0.25) is 14.3 Å². The lowest BCUT2D eigenvalue weighted by Gasteiger charge is -2.08. The third-order valence-electron chi connectivity index (χ3n) is 2.49. The Labute approximate surface area is 108 Å². The summed E-state index contributed by atoms with van der Waals surface area (Å²) < 4.78 is 6.77. The summed E-state index contributed by atoms with van der Waals surface area (Å²) in [7, 11) is 0. The molecule has 0 saturated heterocycles. The summed E-state index contributed by atoms with van der Waals surface area (Å²) in [4.78, 5) is 24.4. The molecule has 1 N–H and O–H groups in total. The normalized spacial score (nSPS) is 9.84. The van der Waals surface area contributed by atoms with Gasteiger partial charge in [-0.1, -0.05) is 12.1 Å². The second-order valence-corrected chi connectivity index (χ2v) is 3.76. The lowest BCUT2D eigenvalue weighted by molar-refractivity contribution is 0.294. The Kier molecular flexibility index (Phi) is 3.78. The number of nitriles is 1. The molecular formula is C13H11N3O3. The molecule has 1 aromatic heterocycles. The topological polar surface area (TPSA) is 87.9 Å². The summed E-state index contributed by atoms with van der Waals surface area (Å²) >= 11 is 0. The number of nitrogens with zero attached hydrogens (tertiary/aromatic N) is 2. The van der Waals surface area contributed by atoms with Crippen LogP contribution < -0.4 is 16.0 Å². The number of aromatic nitrogens is 2. The van der Waals surface area contributed by atoms with E-state index >= 15 is 0 Å². The molecule has 0 unspecified atom stereocenters. The van der Waals surface area contributed by atoms with Gasteiger partial charge in [0.2, 0.25) is 0 Å². The highest BCUT2D eigenvalue weighted by molar-refractivity contribution is 5.42. The van der Waals surface area contributed by atoms with Gasteiger partial charge in [0.1, 0.15) is 18.4 Å². The average molecular weight is 257 g/mol. The number of rotatable bonds is 4. The largest absolute Gasteiger partial charge is 0.490 e. The number of nitrogens with one attached hydrogen (secondary N) is 1. The van der Waals surface area contributed by atoms with E-state index in [1.165, 1.54) is 16.8 Å². The van der Waals surface area contributed by atoms with Gasteiger partial charge in [-0.25, -0.2) is 4.79 Å². The van der Waals surface area contributed by atoms with Gasteiger partial charge in [-0.2, -0.15) is 5.26 Å². The molecule has 96 valence electrons. The van der Waals surface area contributed by atoms with Gasteiger partial charge in [0.25, 0.3) is 5.56 Å². The Morgan fingerprint density at radius 2 is 2.05 bits per heavy atom. The molecule has 19 heavy (non-hydrogen) atoms. The monoisotopic (exact) mass is 257 g/mol. The Hall–Kier alpha value is -2.81. The molecule has 1 aromatic carbocycles. The maximum absolute atomic E-state index is 11.4. The summed E-state index contributed by atoms with van der Waals surface area (Å²) in [6.07, 6.45) is 1.40. The van der Waals surface area contributed by atoms with Crippen LogP contribution in [0.3, 0.4) is 0 Å². The first-order chi connectivity index (χ1) is 9.20. The number of ether oxygens (including phenoxy) is 1. The summed E-state index contributed by atoms with van der Waals surface area (Å²) in [5.41, 5.74) is -0.474. The zero-order chi connectivity index (χ0) is 13.7. The summed E-state index contributed by atoms with van der Waals surface area (Å²) in [6.45, 7) is 0.514. The molecule has 2 rings (SSSR count). The van der Waals surface area contributed by atoms with Gasteiger partial charge in [0.05, 0.1) is 12.1 Å². The van der Waals surface area contributed by atoms with Gasteiger partial charge in [0, 0.05) is 12.3 Å². The van der Waals surface area contributed by atoms with E-state index in [4.69, 9.17) is 10.00 Å². The van der Waals surface area contributed by atoms with Crippen LogP contribution >= 0.6 is 0 Å². The van der Waals surface area contributed by atoms with Crippen molar-refractivity contribution in [3.05, 3.63) is 62.9 Å². The van der Waals surface area contributed by atoms with Crippen LogP contribution in [-0.2, 0) is 6.54 Å². The number of hydrogen-bond acceptors (Lipinski definition) is 4. The summed E-state index contributed by atoms with van der Waals surface area (Å²) in [5, 5.41) is 8.88. The highest BCUT2D eigenvalue weighted by Crippen LogP contribution is 2.16. The van der Waals surface area contributed by atoms with Crippen molar-refractivity contribution >= 4 is 0 Å². The third kappa shape index (κ3) is 3.10. The molecule has 0 aliphatic heterocycles. The Morgan fingerprint density at radius 1 is 1.26 bits per heavy atom. The van der Waals surface area contributed by atoms with Crippen LogP contribution in [0.25, 0.3) is 0 Å². The fourth-order valence-corrected chi connectivity index (χ4v) is 1.56. The van der Waals surface area contributed by atoms with E-state index in [0.29, 0.717) is 11.3 Å². The molecule has 6 heteroatoms. The van der Waals surface area contributed by atoms with E-state index in [1.54, 1.807) is 24.3 Å². The average Bonchev–Trinajstić information content (AvgIpc) is 2.42. The number of hydrogen-bond donors (Lipinski definition) is 1. The van der Waals surface area contributed by atoms with Crippen LogP contribution in [0.15, 0.2) is 46.1 Å². The van der Waals surface area contributed by atoms with Crippen molar-refractivity contribution in [3.63, 3.8) is 0 Å². The first-order valence-corrected chi connectivity index (χ1v) is 5.62. The Bertz CT molecular complexity index is 725. The van der Waals surface area contributed by atoms with Crippen LogP contribution in [0.4, 0.5) is 0 Å². The molecule has 2 aromatic rings. The van der Waals surface area contributed by atoms with E-state index < -0.39 is 11.2 Å². The molecule has 0 saturated carbocycles. The van der Waals surface area contributed by atoms with Crippen molar-refractivity contribution in [2.24, 2.45) is 0 Å². The second kappa shape index (κ2) is 5.69. The zero-order valence-corrected chi connectivity index (χ0v) is 10.00. The Morgan fingerprint density at radius 3 is 2.79 bits per heavy atom. The maximum atomic E-state index is 11.4. The molecule has 0 atom stereocenters. The molecular weight excluding hydrogens is 246 g/mol. The zero-order valence-electron chi connectivity index (χ0n) is 10.00. The minimum Gasteiger partial charge on any atom is -0.490 e. The fraction of sp³-hybridized carbons (Fsp3) is 0.154. The highest BCUT2D eigenvalue weighted by atomic mass is 16.5. The molecule has 6 nitrogen and oxygen atoms in total. The molecule has 0 bridgehead atoms. The minimum absolute atomic E-state index is 0.227. The van der Waals surface area contributed by atoms with Crippen molar-refractivity contribution in [2.75, 3.05) is 6.61 Å². The molecule has 0 radical (unpaired) electrons. The molecule has 0 amide bonds. The quantitative estimate of drug-likeness (QED) is 0.863. The molecule has 0 aliphatic rings. The smallest absolute Gasteiger partial charge is 0.328 e. The first-order valence-electron chi connectivity index (χ1n) is 5.62. The standard InChI is InChI=1S/C13H11N3O3/c14-9-10-3-1-2-4-11(10)19-8-7-16-6-5-12(17)15-13(16)18/h1-6H,7-8H2,(H,15,17,18). The van der Waals surface area contributed by atoms with Crippen molar-refractivity contribution in [1.82, 2.24) is 9.55 Å². The van der Waals surface area contributed by atoms with E-state index in [2.05, 4.69) is 4.98 Å². The van der Waals surface area contributed by atoms with Crippen LogP contribution in [0, 0.1) is 11.3 Å². The maximum Gasteiger partial charge on any atom is 0.328 e. The van der Waals surface area contributed by atoms with E-state index in [9.17, 15) is 9.59 Å². The van der Waals surface area contributed by atoms with Gasteiger partial charge in [-0.05, 0) is 12.1 Å². The van der Waals surface area contributed by atoms with E-state index in [-0.39, 0.29) is 13.2 Å². The predicted molar refractivity (Wildman–Crippen MR) is 68.0 cm³/mol. The van der Waals surface area contributed by atoms with Crippen molar-refractivity contribution in [2.45, 2.75) is 6.54 Å². The summed E-state index contributed by atoms with van der Waals surface area (Å²) in [5.74, 6) is 0.475. The SMILES string of the molecule is N#Cc1ccccc1OCCn1ccc(=O)[nH]c1=O. The highest BCUT2D eigenvalue weighted by Gasteiger charge is 2.02. The second-order valence-electron chi connectivity index (χ2n) is 3.76. The Balaban J connectivity index is 2.03. The van der Waals surface area contributed by atoms with Gasteiger partial charge < -0.3 is 4.74 Å². The third-order valence-corrected chi connectivity index (χ3v) is 2.49. The van der Waals surface area contributed by atoms with Crippen LogP contribution in [0.2, 0.25) is 0 Å². The van der Waals surface area contributed by atoms with Crippen LogP contribution in [-0.4, -0.2) is 16.2 Å². The van der Waals surface area contributed by atoms with Gasteiger partial charge >= 0.3 is 5.69 Å². The summed E-state index contributed by atoms with van der Waals surface area (Å²) in [6, 6.07) is 10.1. The predicted octanol–water partition coefficient (Wildman–Crippen LogP) is 0.487. The fourth-order valence-electron chi connectivity index (χ4n) is 1.56. The number of benzene rings is 1. The number of para-hydroxylation sites is 1.